The third-order valence-corrected chi connectivity index (χ3v) is 3.99. The van der Waals surface area contributed by atoms with Crippen LogP contribution in [0.15, 0.2) is 29.2 Å². The summed E-state index contributed by atoms with van der Waals surface area (Å²) < 4.78 is 12.7. The second-order valence-corrected chi connectivity index (χ2v) is 5.35. The van der Waals surface area contributed by atoms with E-state index in [0.29, 0.717) is 13.1 Å². The van der Waals surface area contributed by atoms with Gasteiger partial charge in [-0.1, -0.05) is 0 Å². The molecular weight excluding hydrogens is 267 g/mol. The van der Waals surface area contributed by atoms with E-state index < -0.39 is 6.04 Å². The van der Waals surface area contributed by atoms with Crippen LogP contribution >= 0.6 is 11.8 Å². The van der Waals surface area contributed by atoms with Crippen LogP contribution in [0.3, 0.4) is 0 Å². The van der Waals surface area contributed by atoms with E-state index in [2.05, 4.69) is 5.32 Å². The molecule has 6 heteroatoms. The van der Waals surface area contributed by atoms with Crippen molar-refractivity contribution in [1.29, 1.82) is 0 Å². The summed E-state index contributed by atoms with van der Waals surface area (Å²) in [5, 5.41) is 2.72. The van der Waals surface area contributed by atoms with Gasteiger partial charge in [0.15, 0.2) is 0 Å². The predicted molar refractivity (Wildman–Crippen MR) is 71.3 cm³/mol. The highest BCUT2D eigenvalue weighted by Gasteiger charge is 2.28. The Hall–Kier alpha value is -1.56. The Morgan fingerprint density at radius 1 is 1.47 bits per heavy atom. The number of hydrogen-bond acceptors (Lipinski definition) is 3. The van der Waals surface area contributed by atoms with Crippen LogP contribution in [0.5, 0.6) is 0 Å². The lowest BCUT2D eigenvalue weighted by atomic mass is 10.2. The summed E-state index contributed by atoms with van der Waals surface area (Å²) in [7, 11) is 0. The van der Waals surface area contributed by atoms with Gasteiger partial charge in [0.2, 0.25) is 11.8 Å². The molecule has 1 unspecified atom stereocenters. The van der Waals surface area contributed by atoms with Gasteiger partial charge in [0.1, 0.15) is 11.9 Å². The fraction of sp³-hybridized carbons (Fsp3) is 0.385. The van der Waals surface area contributed by atoms with Gasteiger partial charge in [-0.05, 0) is 31.2 Å². The number of nitrogens with one attached hydrogen (secondary N) is 1. The van der Waals surface area contributed by atoms with Crippen LogP contribution in [-0.2, 0) is 9.59 Å². The molecule has 102 valence electrons. The van der Waals surface area contributed by atoms with Crippen LogP contribution < -0.4 is 5.32 Å². The van der Waals surface area contributed by atoms with Crippen molar-refractivity contribution in [1.82, 2.24) is 10.2 Å². The first-order chi connectivity index (χ1) is 9.08. The maximum Gasteiger partial charge on any atom is 0.242 e. The SMILES string of the molecule is CC1C(=O)NCCN1C(=O)CSc1ccc(F)cc1. The summed E-state index contributed by atoms with van der Waals surface area (Å²) in [6.07, 6.45) is 0. The largest absolute Gasteiger partial charge is 0.353 e. The van der Waals surface area contributed by atoms with Crippen LogP contribution in [0, 0.1) is 5.82 Å². The zero-order valence-electron chi connectivity index (χ0n) is 10.6. The number of hydrogen-bond donors (Lipinski definition) is 1. The van der Waals surface area contributed by atoms with Crippen molar-refractivity contribution in [2.45, 2.75) is 17.9 Å². The van der Waals surface area contributed by atoms with Crippen molar-refractivity contribution >= 4 is 23.6 Å². The predicted octanol–water partition coefficient (Wildman–Crippen LogP) is 1.26. The fourth-order valence-corrected chi connectivity index (χ4v) is 2.67. The second kappa shape index (κ2) is 6.06. The lowest BCUT2D eigenvalue weighted by molar-refractivity contribution is -0.140. The second-order valence-electron chi connectivity index (χ2n) is 4.30. The molecule has 0 spiro atoms. The van der Waals surface area contributed by atoms with Gasteiger partial charge in [0.05, 0.1) is 5.75 Å². The molecule has 1 saturated heterocycles. The molecule has 1 aromatic rings. The van der Waals surface area contributed by atoms with Crippen LogP contribution in [-0.4, -0.2) is 41.6 Å². The van der Waals surface area contributed by atoms with Crippen molar-refractivity contribution in [3.8, 4) is 0 Å². The van der Waals surface area contributed by atoms with Crippen LogP contribution in [0.4, 0.5) is 4.39 Å². The molecule has 1 aliphatic heterocycles. The average molecular weight is 282 g/mol. The molecule has 4 nitrogen and oxygen atoms in total. The first kappa shape index (κ1) is 13.9. The van der Waals surface area contributed by atoms with Gasteiger partial charge in [0.25, 0.3) is 0 Å². The maximum atomic E-state index is 12.7. The number of carbonyl (C=O) groups excluding carboxylic acids is 2. The zero-order valence-corrected chi connectivity index (χ0v) is 11.4. The fourth-order valence-electron chi connectivity index (χ4n) is 1.88. The molecule has 1 heterocycles. The number of halogens is 1. The third kappa shape index (κ3) is 3.47. The number of carbonyl (C=O) groups is 2. The normalized spacial score (nSPS) is 19.2. The van der Waals surface area contributed by atoms with Gasteiger partial charge < -0.3 is 10.2 Å². The van der Waals surface area contributed by atoms with E-state index in [4.69, 9.17) is 0 Å². The molecule has 1 aliphatic rings. The van der Waals surface area contributed by atoms with Crippen LogP contribution in [0.2, 0.25) is 0 Å². The number of benzene rings is 1. The number of amides is 2. The van der Waals surface area contributed by atoms with Gasteiger partial charge in [-0.15, -0.1) is 11.8 Å². The summed E-state index contributed by atoms with van der Waals surface area (Å²) in [6.45, 7) is 2.75. The molecular formula is C13H15FN2O2S. The molecule has 0 saturated carbocycles. The van der Waals surface area contributed by atoms with Gasteiger partial charge in [-0.3, -0.25) is 9.59 Å². The minimum atomic E-state index is -0.421. The van der Waals surface area contributed by atoms with E-state index in [0.717, 1.165) is 4.90 Å². The molecule has 1 fully saturated rings. The van der Waals surface area contributed by atoms with Crippen molar-refractivity contribution in [2.24, 2.45) is 0 Å². The van der Waals surface area contributed by atoms with Gasteiger partial charge >= 0.3 is 0 Å². The molecule has 0 aromatic heterocycles. The van der Waals surface area contributed by atoms with Gasteiger partial charge in [-0.25, -0.2) is 4.39 Å². The monoisotopic (exact) mass is 282 g/mol. The van der Waals surface area contributed by atoms with Crippen molar-refractivity contribution in [3.05, 3.63) is 30.1 Å². The first-order valence-electron chi connectivity index (χ1n) is 6.03. The van der Waals surface area contributed by atoms with E-state index >= 15 is 0 Å². The van der Waals surface area contributed by atoms with E-state index in [1.807, 2.05) is 0 Å². The van der Waals surface area contributed by atoms with Crippen molar-refractivity contribution < 1.29 is 14.0 Å². The highest BCUT2D eigenvalue weighted by Crippen LogP contribution is 2.19. The lowest BCUT2D eigenvalue weighted by Crippen LogP contribution is -2.56. The Kier molecular flexibility index (Phi) is 4.42. The zero-order chi connectivity index (χ0) is 13.8. The Morgan fingerprint density at radius 3 is 2.84 bits per heavy atom. The maximum absolute atomic E-state index is 12.7. The number of thioether (sulfide) groups is 1. The summed E-state index contributed by atoms with van der Waals surface area (Å²) in [5.41, 5.74) is 0. The highest BCUT2D eigenvalue weighted by atomic mass is 32.2. The lowest BCUT2D eigenvalue weighted by Gasteiger charge is -2.32. The molecule has 2 rings (SSSR count). The molecule has 1 N–H and O–H groups in total. The van der Waals surface area contributed by atoms with E-state index in [-0.39, 0.29) is 23.4 Å². The molecule has 0 aliphatic carbocycles. The summed E-state index contributed by atoms with van der Waals surface area (Å²) in [4.78, 5) is 25.9. The first-order valence-corrected chi connectivity index (χ1v) is 7.02. The standard InChI is InChI=1S/C13H15FN2O2S/c1-9-13(18)15-6-7-16(9)12(17)8-19-11-4-2-10(14)3-5-11/h2-5,9H,6-8H2,1H3,(H,15,18). The smallest absolute Gasteiger partial charge is 0.242 e. The summed E-state index contributed by atoms with van der Waals surface area (Å²) in [5.74, 6) is -0.233. The molecule has 1 aromatic carbocycles. The number of piperazine rings is 1. The van der Waals surface area contributed by atoms with E-state index in [9.17, 15) is 14.0 Å². The van der Waals surface area contributed by atoms with Crippen LogP contribution in [0.25, 0.3) is 0 Å². The Bertz CT molecular complexity index is 478. The van der Waals surface area contributed by atoms with E-state index in [1.165, 1.54) is 23.9 Å². The number of nitrogens with zero attached hydrogens (tertiary/aromatic N) is 1. The van der Waals surface area contributed by atoms with Gasteiger partial charge in [0, 0.05) is 18.0 Å². The topological polar surface area (TPSA) is 49.4 Å². The molecule has 19 heavy (non-hydrogen) atoms. The number of rotatable bonds is 3. The minimum Gasteiger partial charge on any atom is -0.353 e. The van der Waals surface area contributed by atoms with Crippen LogP contribution in [0.1, 0.15) is 6.92 Å². The van der Waals surface area contributed by atoms with Crippen molar-refractivity contribution in [2.75, 3.05) is 18.8 Å². The molecule has 2 amide bonds. The minimum absolute atomic E-state index is 0.0725. The quantitative estimate of drug-likeness (QED) is 0.849. The third-order valence-electron chi connectivity index (χ3n) is 3.00. The Balaban J connectivity index is 1.90. The van der Waals surface area contributed by atoms with Gasteiger partial charge in [-0.2, -0.15) is 0 Å². The summed E-state index contributed by atoms with van der Waals surface area (Å²) >= 11 is 1.34. The molecule has 0 radical (unpaired) electrons. The Morgan fingerprint density at radius 2 is 2.16 bits per heavy atom. The Labute approximate surface area is 115 Å². The van der Waals surface area contributed by atoms with Crippen molar-refractivity contribution in [3.63, 3.8) is 0 Å². The highest BCUT2D eigenvalue weighted by molar-refractivity contribution is 8.00. The average Bonchev–Trinajstić information content (AvgIpc) is 2.41. The molecule has 1 atom stereocenters. The van der Waals surface area contributed by atoms with E-state index in [1.54, 1.807) is 24.0 Å². The summed E-state index contributed by atoms with van der Waals surface area (Å²) in [6, 6.07) is 5.59. The molecule has 0 bridgehead atoms.